The van der Waals surface area contributed by atoms with Crippen molar-refractivity contribution in [1.29, 1.82) is 0 Å². The average molecular weight is 1140 g/mol. The van der Waals surface area contributed by atoms with Crippen LogP contribution in [0, 0.1) is 0 Å². The van der Waals surface area contributed by atoms with Gasteiger partial charge in [-0.3, -0.25) is 9.36 Å². The number of unbranched alkanes of at least 4 members (excludes halogenated alkanes) is 32. The maximum Gasteiger partial charge on any atom is 0.268 e. The number of nitrogens with zero attached hydrogens (tertiary/aromatic N) is 1. The van der Waals surface area contributed by atoms with Crippen molar-refractivity contribution in [2.24, 2.45) is 0 Å². The highest BCUT2D eigenvalue weighted by Crippen LogP contribution is 2.38. The summed E-state index contributed by atoms with van der Waals surface area (Å²) < 4.78 is 23.5. The van der Waals surface area contributed by atoms with Gasteiger partial charge in [-0.05, 0) is 77.0 Å². The van der Waals surface area contributed by atoms with E-state index in [0.717, 1.165) is 96.3 Å². The third-order valence-electron chi connectivity index (χ3n) is 14.8. The van der Waals surface area contributed by atoms with E-state index in [1.807, 2.05) is 21.1 Å². The molecule has 0 aliphatic carbocycles. The van der Waals surface area contributed by atoms with Crippen LogP contribution in [-0.4, -0.2) is 68.5 Å². The van der Waals surface area contributed by atoms with Crippen molar-refractivity contribution in [3.63, 3.8) is 0 Å². The number of phosphoric acid groups is 1. The van der Waals surface area contributed by atoms with Gasteiger partial charge in [0, 0.05) is 6.42 Å². The van der Waals surface area contributed by atoms with Crippen molar-refractivity contribution in [1.82, 2.24) is 5.32 Å². The van der Waals surface area contributed by atoms with Gasteiger partial charge < -0.3 is 28.8 Å². The van der Waals surface area contributed by atoms with Gasteiger partial charge in [-0.15, -0.1) is 0 Å². The second-order valence-electron chi connectivity index (χ2n) is 23.8. The van der Waals surface area contributed by atoms with Crippen LogP contribution in [0.2, 0.25) is 0 Å². The number of hydrogen-bond acceptors (Lipinski definition) is 6. The molecule has 464 valence electrons. The molecule has 0 aliphatic rings. The second kappa shape index (κ2) is 61.0. The number of aliphatic hydroxyl groups excluding tert-OH is 1. The predicted octanol–water partition coefficient (Wildman–Crippen LogP) is 20.7. The summed E-state index contributed by atoms with van der Waals surface area (Å²) in [6.45, 7) is 4.63. The fourth-order valence-electron chi connectivity index (χ4n) is 9.65. The molecule has 3 atom stereocenters. The number of carbonyl (C=O) groups is 1. The van der Waals surface area contributed by atoms with E-state index in [0.29, 0.717) is 23.9 Å². The number of quaternary nitrogens is 1. The summed E-state index contributed by atoms with van der Waals surface area (Å²) in [5.74, 6) is -0.174. The molecule has 80 heavy (non-hydrogen) atoms. The lowest BCUT2D eigenvalue weighted by atomic mass is 10.0. The molecular weight excluding hydrogens is 1010 g/mol. The lowest BCUT2D eigenvalue weighted by molar-refractivity contribution is -0.870. The smallest absolute Gasteiger partial charge is 0.268 e. The molecule has 0 bridgehead atoms. The highest BCUT2D eigenvalue weighted by atomic mass is 31.2. The number of allylic oxidation sites excluding steroid dienone is 16. The van der Waals surface area contributed by atoms with Crippen molar-refractivity contribution in [3.05, 3.63) is 97.2 Å². The van der Waals surface area contributed by atoms with Gasteiger partial charge in [0.2, 0.25) is 5.91 Å². The van der Waals surface area contributed by atoms with Crippen molar-refractivity contribution in [2.45, 2.75) is 309 Å². The van der Waals surface area contributed by atoms with Crippen LogP contribution in [0.3, 0.4) is 0 Å². The average Bonchev–Trinajstić information content (AvgIpc) is 3.42. The van der Waals surface area contributed by atoms with Gasteiger partial charge in [-0.2, -0.15) is 0 Å². The number of nitrogens with one attached hydrogen (secondary N) is 1. The fraction of sp³-hybridized carbons (Fsp3) is 0.761. The maximum atomic E-state index is 13.0. The molecule has 0 saturated carbocycles. The van der Waals surface area contributed by atoms with Crippen LogP contribution < -0.4 is 10.2 Å². The summed E-state index contributed by atoms with van der Waals surface area (Å²) >= 11 is 0. The number of phosphoric ester groups is 1. The minimum absolute atomic E-state index is 0.00646. The molecule has 0 heterocycles. The highest BCUT2D eigenvalue weighted by molar-refractivity contribution is 7.45. The topological polar surface area (TPSA) is 108 Å². The highest BCUT2D eigenvalue weighted by Gasteiger charge is 2.24. The maximum absolute atomic E-state index is 13.0. The van der Waals surface area contributed by atoms with Crippen LogP contribution in [0.4, 0.5) is 0 Å². The van der Waals surface area contributed by atoms with Crippen LogP contribution in [0.15, 0.2) is 97.2 Å². The summed E-state index contributed by atoms with van der Waals surface area (Å²) in [7, 11) is 1.29. The Balaban J connectivity index is 4.13. The second-order valence-corrected chi connectivity index (χ2v) is 25.2. The van der Waals surface area contributed by atoms with Crippen LogP contribution in [0.25, 0.3) is 0 Å². The summed E-state index contributed by atoms with van der Waals surface area (Å²) in [6, 6.07) is -0.813. The number of rotatable bonds is 61. The van der Waals surface area contributed by atoms with Gasteiger partial charge in [-0.25, -0.2) is 0 Å². The SMILES string of the molecule is CC/C=C\C/C=C\C/C=C\C/C=C\C/C=C\C/C=C\C/C=C\C/C=C\CCCCCCCCCCC(=O)NC(COP(=O)([O-])OCC[N+](C)(C)C)C(O)CCCCCCCCCCCCCCCCCCCCCCCCCCC. The normalized spacial score (nSPS) is 14.3. The third kappa shape index (κ3) is 63.0. The summed E-state index contributed by atoms with van der Waals surface area (Å²) in [5.41, 5.74) is 0. The Morgan fingerprint density at radius 3 is 1.11 bits per heavy atom. The Morgan fingerprint density at radius 2 is 0.762 bits per heavy atom. The Kier molecular flexibility index (Phi) is 59.0. The zero-order valence-electron chi connectivity index (χ0n) is 53.0. The van der Waals surface area contributed by atoms with E-state index in [2.05, 4.69) is 116 Å². The van der Waals surface area contributed by atoms with Crippen molar-refractivity contribution in [3.8, 4) is 0 Å². The number of aliphatic hydroxyl groups is 1. The summed E-state index contributed by atoms with van der Waals surface area (Å²) in [6.07, 6.45) is 87.5. The molecule has 3 unspecified atom stereocenters. The number of amides is 1. The van der Waals surface area contributed by atoms with Gasteiger partial charge in [0.05, 0.1) is 39.9 Å². The number of hydrogen-bond donors (Lipinski definition) is 2. The van der Waals surface area contributed by atoms with Gasteiger partial charge in [-0.1, -0.05) is 310 Å². The molecule has 0 radical (unpaired) electrons. The van der Waals surface area contributed by atoms with E-state index in [4.69, 9.17) is 9.05 Å². The first-order chi connectivity index (χ1) is 39.0. The predicted molar refractivity (Wildman–Crippen MR) is 348 cm³/mol. The monoisotopic (exact) mass is 1140 g/mol. The van der Waals surface area contributed by atoms with Crippen LogP contribution in [0.1, 0.15) is 296 Å². The van der Waals surface area contributed by atoms with Crippen molar-refractivity contribution in [2.75, 3.05) is 40.9 Å². The lowest BCUT2D eigenvalue weighted by Crippen LogP contribution is -2.46. The molecule has 0 aromatic rings. The molecule has 0 aromatic heterocycles. The third-order valence-corrected chi connectivity index (χ3v) is 15.8. The first-order valence-electron chi connectivity index (χ1n) is 33.6. The minimum atomic E-state index is -4.59. The van der Waals surface area contributed by atoms with Gasteiger partial charge in [0.15, 0.2) is 0 Å². The molecule has 1 amide bonds. The Hall–Kier alpha value is -2.58. The van der Waals surface area contributed by atoms with E-state index in [-0.39, 0.29) is 19.1 Å². The van der Waals surface area contributed by atoms with E-state index in [1.54, 1.807) is 0 Å². The minimum Gasteiger partial charge on any atom is -0.756 e. The Bertz CT molecular complexity index is 1620. The quantitative estimate of drug-likeness (QED) is 0.0272. The summed E-state index contributed by atoms with van der Waals surface area (Å²) in [4.78, 5) is 25.6. The zero-order valence-corrected chi connectivity index (χ0v) is 53.9. The molecular formula is C71H129N2O6P. The van der Waals surface area contributed by atoms with Crippen LogP contribution in [-0.2, 0) is 18.4 Å². The molecule has 0 aliphatic heterocycles. The summed E-state index contributed by atoms with van der Waals surface area (Å²) in [5, 5.41) is 14.1. The van der Waals surface area contributed by atoms with Crippen molar-refractivity contribution < 1.29 is 32.9 Å². The zero-order chi connectivity index (χ0) is 58.4. The first kappa shape index (κ1) is 77.4. The number of carbonyl (C=O) groups excluding carboxylic acids is 1. The molecule has 2 N–H and O–H groups in total. The van der Waals surface area contributed by atoms with E-state index < -0.39 is 20.0 Å². The van der Waals surface area contributed by atoms with Crippen LogP contribution >= 0.6 is 7.82 Å². The molecule has 9 heteroatoms. The van der Waals surface area contributed by atoms with E-state index in [1.165, 1.54) is 173 Å². The van der Waals surface area contributed by atoms with Crippen molar-refractivity contribution >= 4 is 13.7 Å². The first-order valence-corrected chi connectivity index (χ1v) is 35.0. The lowest BCUT2D eigenvalue weighted by Gasteiger charge is -2.30. The Labute approximate surface area is 496 Å². The largest absolute Gasteiger partial charge is 0.756 e. The van der Waals surface area contributed by atoms with Gasteiger partial charge >= 0.3 is 0 Å². The molecule has 8 nitrogen and oxygen atoms in total. The number of likely N-dealkylation sites (N-methyl/N-ethyl adjacent to an activating group) is 1. The molecule has 0 fully saturated rings. The molecule has 0 spiro atoms. The molecule has 0 rings (SSSR count). The molecule has 0 saturated heterocycles. The van der Waals surface area contributed by atoms with Gasteiger partial charge in [0.25, 0.3) is 7.82 Å². The fourth-order valence-corrected chi connectivity index (χ4v) is 10.4. The van der Waals surface area contributed by atoms with E-state index >= 15 is 0 Å². The van der Waals surface area contributed by atoms with Gasteiger partial charge in [0.1, 0.15) is 13.2 Å². The standard InChI is InChI=1S/C71H129N2O6P/c1-6-8-10-12-14-16-18-20-22-24-26-28-30-32-33-34-35-36-37-38-39-41-43-45-47-49-51-53-55-57-59-61-63-65-71(75)72-69(68-79-80(76,77)78-67-66-73(3,4)5)70(74)64-62-60-58-56-54-52-50-48-46-44-42-40-31-29-27-25-23-21-19-17-15-13-11-9-7-2/h8,10,14,16,20,22,26,28,32-33,35-36,38-39,43,45,69-70,74H,6-7,9,11-13,15,17-19,21,23-25,27,29-31,34,37,40-42,44,46-68H2,1-5H3,(H-,72,75,76,77)/b10-8-,16-14-,22-20-,28-26-,33-32-,36-35-,39-38-,45-43-. The Morgan fingerprint density at radius 1 is 0.450 bits per heavy atom. The van der Waals surface area contributed by atoms with E-state index in [9.17, 15) is 19.4 Å². The molecule has 0 aromatic carbocycles. The van der Waals surface area contributed by atoms with Crippen LogP contribution in [0.5, 0.6) is 0 Å².